The molecule has 0 saturated carbocycles. The lowest BCUT2D eigenvalue weighted by atomic mass is 10.2. The summed E-state index contributed by atoms with van der Waals surface area (Å²) in [5, 5.41) is 3.09. The molecule has 0 unspecified atom stereocenters. The SMILES string of the molecule is NC(=O)c1cc(Cl)ccc1OCC(=O)NCc1ccccc1. The summed E-state index contributed by atoms with van der Waals surface area (Å²) >= 11 is 5.80. The van der Waals surface area contributed by atoms with Gasteiger partial charge in [0, 0.05) is 11.6 Å². The standard InChI is InChI=1S/C16H15ClN2O3/c17-12-6-7-14(13(8-12)16(18)21)22-10-15(20)19-9-11-4-2-1-3-5-11/h1-8H,9-10H2,(H2,18,21)(H,19,20). The minimum atomic E-state index is -0.665. The number of amides is 2. The molecule has 0 spiro atoms. The number of nitrogens with two attached hydrogens (primary N) is 1. The van der Waals surface area contributed by atoms with Crippen LogP contribution in [0.4, 0.5) is 0 Å². The van der Waals surface area contributed by atoms with Crippen LogP contribution in [0, 0.1) is 0 Å². The molecule has 5 nitrogen and oxygen atoms in total. The van der Waals surface area contributed by atoms with E-state index < -0.39 is 5.91 Å². The average molecular weight is 319 g/mol. The molecular weight excluding hydrogens is 304 g/mol. The zero-order valence-corrected chi connectivity index (χ0v) is 12.5. The number of hydrogen-bond donors (Lipinski definition) is 2. The summed E-state index contributed by atoms with van der Waals surface area (Å²) in [7, 11) is 0. The second-order valence-corrected chi connectivity index (χ2v) is 4.99. The Balaban J connectivity index is 1.90. The van der Waals surface area contributed by atoms with E-state index in [1.54, 1.807) is 6.07 Å². The van der Waals surface area contributed by atoms with Crippen LogP contribution in [0.3, 0.4) is 0 Å². The molecule has 114 valence electrons. The Morgan fingerprint density at radius 1 is 1.14 bits per heavy atom. The van der Waals surface area contributed by atoms with Crippen molar-refractivity contribution >= 4 is 23.4 Å². The lowest BCUT2D eigenvalue weighted by molar-refractivity contribution is -0.123. The van der Waals surface area contributed by atoms with E-state index in [0.717, 1.165) is 5.56 Å². The van der Waals surface area contributed by atoms with Crippen molar-refractivity contribution in [3.63, 3.8) is 0 Å². The first kappa shape index (κ1) is 15.9. The fourth-order valence-electron chi connectivity index (χ4n) is 1.81. The fraction of sp³-hybridized carbons (Fsp3) is 0.125. The summed E-state index contributed by atoms with van der Waals surface area (Å²) in [6.07, 6.45) is 0. The van der Waals surface area contributed by atoms with Gasteiger partial charge in [0.05, 0.1) is 5.56 Å². The molecule has 2 amide bonds. The maximum absolute atomic E-state index is 11.8. The first-order valence-electron chi connectivity index (χ1n) is 6.59. The van der Waals surface area contributed by atoms with Crippen molar-refractivity contribution in [3.05, 3.63) is 64.7 Å². The van der Waals surface area contributed by atoms with Crippen LogP contribution >= 0.6 is 11.6 Å². The number of ether oxygens (including phenoxy) is 1. The Hall–Kier alpha value is -2.53. The van der Waals surface area contributed by atoms with Gasteiger partial charge in [-0.15, -0.1) is 0 Å². The number of primary amides is 1. The Kier molecular flexibility index (Phi) is 5.38. The lowest BCUT2D eigenvalue weighted by Crippen LogP contribution is -2.28. The highest BCUT2D eigenvalue weighted by Gasteiger charge is 2.11. The van der Waals surface area contributed by atoms with E-state index in [0.29, 0.717) is 11.6 Å². The minimum Gasteiger partial charge on any atom is -0.483 e. The van der Waals surface area contributed by atoms with Crippen LogP contribution in [-0.4, -0.2) is 18.4 Å². The van der Waals surface area contributed by atoms with Gasteiger partial charge in [0.1, 0.15) is 5.75 Å². The van der Waals surface area contributed by atoms with Crippen molar-refractivity contribution in [1.82, 2.24) is 5.32 Å². The van der Waals surface area contributed by atoms with Gasteiger partial charge in [0.15, 0.2) is 6.61 Å². The number of rotatable bonds is 6. The molecule has 0 atom stereocenters. The van der Waals surface area contributed by atoms with Gasteiger partial charge in [-0.25, -0.2) is 0 Å². The molecule has 22 heavy (non-hydrogen) atoms. The Morgan fingerprint density at radius 3 is 2.55 bits per heavy atom. The molecule has 2 aromatic carbocycles. The molecule has 0 bridgehead atoms. The van der Waals surface area contributed by atoms with Crippen molar-refractivity contribution in [2.24, 2.45) is 5.73 Å². The molecule has 6 heteroatoms. The molecule has 0 heterocycles. The quantitative estimate of drug-likeness (QED) is 0.856. The van der Waals surface area contributed by atoms with E-state index in [1.165, 1.54) is 12.1 Å². The van der Waals surface area contributed by atoms with Crippen LogP contribution in [0.15, 0.2) is 48.5 Å². The topological polar surface area (TPSA) is 81.4 Å². The van der Waals surface area contributed by atoms with E-state index in [4.69, 9.17) is 22.1 Å². The van der Waals surface area contributed by atoms with Crippen LogP contribution in [0.5, 0.6) is 5.75 Å². The van der Waals surface area contributed by atoms with Crippen molar-refractivity contribution in [2.45, 2.75) is 6.54 Å². The van der Waals surface area contributed by atoms with Gasteiger partial charge in [-0.05, 0) is 23.8 Å². The van der Waals surface area contributed by atoms with Crippen LogP contribution in [-0.2, 0) is 11.3 Å². The normalized spacial score (nSPS) is 10.0. The molecule has 0 fully saturated rings. The van der Waals surface area contributed by atoms with Gasteiger partial charge in [-0.3, -0.25) is 9.59 Å². The molecule has 2 rings (SSSR count). The molecule has 0 aliphatic carbocycles. The van der Waals surface area contributed by atoms with Gasteiger partial charge in [0.25, 0.3) is 11.8 Å². The predicted octanol–water partition coefficient (Wildman–Crippen LogP) is 2.13. The van der Waals surface area contributed by atoms with Crippen LogP contribution in [0.1, 0.15) is 15.9 Å². The largest absolute Gasteiger partial charge is 0.483 e. The predicted molar refractivity (Wildman–Crippen MR) is 83.8 cm³/mol. The first-order valence-corrected chi connectivity index (χ1v) is 6.97. The van der Waals surface area contributed by atoms with Crippen LogP contribution in [0.25, 0.3) is 0 Å². The number of halogens is 1. The number of carbonyl (C=O) groups is 2. The van der Waals surface area contributed by atoms with Crippen LogP contribution in [0.2, 0.25) is 5.02 Å². The fourth-order valence-corrected chi connectivity index (χ4v) is 1.98. The number of carbonyl (C=O) groups excluding carboxylic acids is 2. The van der Waals surface area contributed by atoms with Crippen LogP contribution < -0.4 is 15.8 Å². The molecule has 0 aromatic heterocycles. The number of nitrogens with one attached hydrogen (secondary N) is 1. The number of hydrogen-bond acceptors (Lipinski definition) is 3. The molecule has 0 aliphatic rings. The van der Waals surface area contributed by atoms with E-state index in [-0.39, 0.29) is 23.8 Å². The van der Waals surface area contributed by atoms with Gasteiger partial charge in [-0.2, -0.15) is 0 Å². The summed E-state index contributed by atoms with van der Waals surface area (Å²) < 4.78 is 5.33. The summed E-state index contributed by atoms with van der Waals surface area (Å²) in [5.41, 5.74) is 6.37. The Labute approximate surface area is 133 Å². The zero-order chi connectivity index (χ0) is 15.9. The zero-order valence-electron chi connectivity index (χ0n) is 11.7. The summed E-state index contributed by atoms with van der Waals surface area (Å²) in [6.45, 7) is 0.196. The van der Waals surface area contributed by atoms with Crippen molar-refractivity contribution in [1.29, 1.82) is 0 Å². The molecule has 2 aromatic rings. The third kappa shape index (κ3) is 4.49. The first-order chi connectivity index (χ1) is 10.6. The summed E-state index contributed by atoms with van der Waals surface area (Å²) in [5.74, 6) is -0.733. The highest BCUT2D eigenvalue weighted by molar-refractivity contribution is 6.31. The molecule has 0 radical (unpaired) electrons. The molecule has 0 saturated heterocycles. The second kappa shape index (κ2) is 7.47. The van der Waals surface area contributed by atoms with Gasteiger partial charge in [0.2, 0.25) is 0 Å². The van der Waals surface area contributed by atoms with E-state index >= 15 is 0 Å². The van der Waals surface area contributed by atoms with Gasteiger partial charge in [-0.1, -0.05) is 41.9 Å². The summed E-state index contributed by atoms with van der Waals surface area (Å²) in [4.78, 5) is 23.1. The van der Waals surface area contributed by atoms with Crippen molar-refractivity contribution in [3.8, 4) is 5.75 Å². The molecule has 0 aliphatic heterocycles. The third-order valence-electron chi connectivity index (χ3n) is 2.90. The highest BCUT2D eigenvalue weighted by atomic mass is 35.5. The van der Waals surface area contributed by atoms with Gasteiger partial charge >= 0.3 is 0 Å². The van der Waals surface area contributed by atoms with E-state index in [2.05, 4.69) is 5.32 Å². The average Bonchev–Trinajstić information content (AvgIpc) is 2.52. The third-order valence-corrected chi connectivity index (χ3v) is 3.13. The molecule has 3 N–H and O–H groups in total. The smallest absolute Gasteiger partial charge is 0.258 e. The lowest BCUT2D eigenvalue weighted by Gasteiger charge is -2.10. The second-order valence-electron chi connectivity index (χ2n) is 4.56. The van der Waals surface area contributed by atoms with Gasteiger partial charge < -0.3 is 15.8 Å². The van der Waals surface area contributed by atoms with E-state index in [9.17, 15) is 9.59 Å². The summed E-state index contributed by atoms with van der Waals surface area (Å²) in [6, 6.07) is 14.0. The Morgan fingerprint density at radius 2 is 1.86 bits per heavy atom. The highest BCUT2D eigenvalue weighted by Crippen LogP contribution is 2.22. The van der Waals surface area contributed by atoms with Crippen molar-refractivity contribution < 1.29 is 14.3 Å². The number of benzene rings is 2. The Bertz CT molecular complexity index is 674. The molecular formula is C16H15ClN2O3. The minimum absolute atomic E-state index is 0.142. The maximum Gasteiger partial charge on any atom is 0.258 e. The van der Waals surface area contributed by atoms with Crippen molar-refractivity contribution in [2.75, 3.05) is 6.61 Å². The monoisotopic (exact) mass is 318 g/mol. The maximum atomic E-state index is 11.8. The van der Waals surface area contributed by atoms with E-state index in [1.807, 2.05) is 30.3 Å².